The zero-order valence-electron chi connectivity index (χ0n) is 14.4. The molecule has 1 aromatic heterocycles. The standard InChI is InChI=1S/C15H25N5O3/c1-10(2)23-13(22)15(7-6-8-15)16-12(21)9-11-17-19-20(18-11)14(3,4)5/h10H,6-9H2,1-5H3,(H,16,21). The number of amides is 1. The predicted octanol–water partition coefficient (Wildman–Crippen LogP) is 0.961. The zero-order chi connectivity index (χ0) is 17.3. The number of carbonyl (C=O) groups is 2. The van der Waals surface area contributed by atoms with Crippen molar-refractivity contribution in [3.8, 4) is 0 Å². The number of rotatable bonds is 5. The molecule has 0 bridgehead atoms. The molecule has 0 spiro atoms. The lowest BCUT2D eigenvalue weighted by Gasteiger charge is -2.40. The van der Waals surface area contributed by atoms with E-state index in [2.05, 4.69) is 20.7 Å². The number of ether oxygens (including phenoxy) is 1. The van der Waals surface area contributed by atoms with Gasteiger partial charge >= 0.3 is 5.97 Å². The van der Waals surface area contributed by atoms with Crippen molar-refractivity contribution >= 4 is 11.9 Å². The lowest BCUT2D eigenvalue weighted by Crippen LogP contribution is -2.60. The number of tetrazole rings is 1. The average molecular weight is 323 g/mol. The number of hydrogen-bond donors (Lipinski definition) is 1. The predicted molar refractivity (Wildman–Crippen MR) is 82.5 cm³/mol. The van der Waals surface area contributed by atoms with Crippen molar-refractivity contribution in [1.29, 1.82) is 0 Å². The summed E-state index contributed by atoms with van der Waals surface area (Å²) in [5.41, 5.74) is -1.18. The molecule has 23 heavy (non-hydrogen) atoms. The van der Waals surface area contributed by atoms with Crippen molar-refractivity contribution in [2.45, 2.75) is 77.5 Å². The highest BCUT2D eigenvalue weighted by Gasteiger charge is 2.47. The van der Waals surface area contributed by atoms with Gasteiger partial charge in [0.1, 0.15) is 5.54 Å². The molecule has 1 amide bonds. The van der Waals surface area contributed by atoms with E-state index in [-0.39, 0.29) is 29.9 Å². The Morgan fingerprint density at radius 2 is 2.00 bits per heavy atom. The highest BCUT2D eigenvalue weighted by atomic mass is 16.5. The van der Waals surface area contributed by atoms with Crippen LogP contribution in [0.1, 0.15) is 59.7 Å². The van der Waals surface area contributed by atoms with Gasteiger partial charge in [-0.3, -0.25) is 4.79 Å². The molecule has 8 heteroatoms. The Balaban J connectivity index is 1.98. The summed E-state index contributed by atoms with van der Waals surface area (Å²) in [7, 11) is 0. The van der Waals surface area contributed by atoms with Crippen molar-refractivity contribution in [2.24, 2.45) is 0 Å². The molecule has 0 aliphatic heterocycles. The molecule has 1 fully saturated rings. The smallest absolute Gasteiger partial charge is 0.332 e. The van der Waals surface area contributed by atoms with E-state index in [0.29, 0.717) is 18.7 Å². The van der Waals surface area contributed by atoms with Crippen molar-refractivity contribution in [2.75, 3.05) is 0 Å². The van der Waals surface area contributed by atoms with E-state index in [0.717, 1.165) is 6.42 Å². The fraction of sp³-hybridized carbons (Fsp3) is 0.800. The Kier molecular flexibility index (Phi) is 4.72. The Morgan fingerprint density at radius 3 is 2.43 bits per heavy atom. The first-order valence-electron chi connectivity index (χ1n) is 7.94. The highest BCUT2D eigenvalue weighted by Crippen LogP contribution is 2.33. The van der Waals surface area contributed by atoms with Gasteiger partial charge in [-0.2, -0.15) is 4.80 Å². The second-order valence-corrected chi connectivity index (χ2v) is 7.28. The van der Waals surface area contributed by atoms with Gasteiger partial charge in [0, 0.05) is 0 Å². The van der Waals surface area contributed by atoms with E-state index in [1.54, 1.807) is 13.8 Å². The van der Waals surface area contributed by atoms with Gasteiger partial charge in [0.25, 0.3) is 0 Å². The minimum Gasteiger partial charge on any atom is -0.461 e. The molecule has 1 heterocycles. The molecule has 8 nitrogen and oxygen atoms in total. The number of nitrogens with zero attached hydrogens (tertiary/aromatic N) is 4. The van der Waals surface area contributed by atoms with Crippen LogP contribution in [0.5, 0.6) is 0 Å². The van der Waals surface area contributed by atoms with E-state index in [1.165, 1.54) is 4.80 Å². The van der Waals surface area contributed by atoms with Gasteiger partial charge in [0.05, 0.1) is 18.1 Å². The molecule has 0 atom stereocenters. The summed E-state index contributed by atoms with van der Waals surface area (Å²) in [5, 5.41) is 14.9. The summed E-state index contributed by atoms with van der Waals surface area (Å²) in [6, 6.07) is 0. The van der Waals surface area contributed by atoms with Crippen molar-refractivity contribution in [1.82, 2.24) is 25.5 Å². The molecule has 0 saturated heterocycles. The molecule has 0 aromatic carbocycles. The third-order valence-electron chi connectivity index (χ3n) is 3.69. The Labute approximate surface area is 136 Å². The molecule has 1 aromatic rings. The minimum atomic E-state index is -0.888. The summed E-state index contributed by atoms with van der Waals surface area (Å²) in [4.78, 5) is 25.9. The van der Waals surface area contributed by atoms with Crippen LogP contribution in [0.15, 0.2) is 0 Å². The van der Waals surface area contributed by atoms with E-state index in [4.69, 9.17) is 4.74 Å². The van der Waals surface area contributed by atoms with Gasteiger partial charge in [0.15, 0.2) is 5.82 Å². The molecule has 1 N–H and O–H groups in total. The second kappa shape index (κ2) is 6.25. The summed E-state index contributed by atoms with van der Waals surface area (Å²) < 4.78 is 5.26. The monoisotopic (exact) mass is 323 g/mol. The fourth-order valence-electron chi connectivity index (χ4n) is 2.29. The number of esters is 1. The third kappa shape index (κ3) is 4.05. The fourth-order valence-corrected chi connectivity index (χ4v) is 2.29. The Hall–Kier alpha value is -1.99. The van der Waals surface area contributed by atoms with Crippen molar-refractivity contribution < 1.29 is 14.3 Å². The van der Waals surface area contributed by atoms with E-state index < -0.39 is 5.54 Å². The quantitative estimate of drug-likeness (QED) is 0.810. The van der Waals surface area contributed by atoms with Gasteiger partial charge < -0.3 is 10.1 Å². The first-order valence-corrected chi connectivity index (χ1v) is 7.94. The largest absolute Gasteiger partial charge is 0.461 e. The van der Waals surface area contributed by atoms with E-state index in [1.807, 2.05) is 20.8 Å². The van der Waals surface area contributed by atoms with Gasteiger partial charge in [0.2, 0.25) is 5.91 Å². The average Bonchev–Trinajstić information content (AvgIpc) is 2.81. The van der Waals surface area contributed by atoms with Crippen LogP contribution in [0, 0.1) is 0 Å². The van der Waals surface area contributed by atoms with Crippen LogP contribution in [0.4, 0.5) is 0 Å². The van der Waals surface area contributed by atoms with Crippen LogP contribution in [-0.4, -0.2) is 43.7 Å². The lowest BCUT2D eigenvalue weighted by molar-refractivity contribution is -0.161. The van der Waals surface area contributed by atoms with Gasteiger partial charge in [-0.25, -0.2) is 4.79 Å². The lowest BCUT2D eigenvalue weighted by atomic mass is 9.76. The molecule has 1 aliphatic carbocycles. The van der Waals surface area contributed by atoms with Crippen LogP contribution < -0.4 is 5.32 Å². The van der Waals surface area contributed by atoms with Gasteiger partial charge in [-0.1, -0.05) is 0 Å². The maximum Gasteiger partial charge on any atom is 0.332 e. The summed E-state index contributed by atoms with van der Waals surface area (Å²) in [5.74, 6) is -0.318. The molecule has 2 rings (SSSR count). The summed E-state index contributed by atoms with van der Waals surface area (Å²) in [6.07, 6.45) is 1.89. The summed E-state index contributed by atoms with van der Waals surface area (Å²) in [6.45, 7) is 9.43. The molecule has 1 saturated carbocycles. The summed E-state index contributed by atoms with van der Waals surface area (Å²) >= 11 is 0. The first kappa shape index (κ1) is 17.4. The highest BCUT2D eigenvalue weighted by molar-refractivity contribution is 5.89. The molecule has 0 unspecified atom stereocenters. The van der Waals surface area contributed by atoms with Crippen LogP contribution in [-0.2, 0) is 26.3 Å². The molecule has 1 aliphatic rings. The van der Waals surface area contributed by atoms with Crippen LogP contribution in [0.3, 0.4) is 0 Å². The topological polar surface area (TPSA) is 99.0 Å². The van der Waals surface area contributed by atoms with Crippen molar-refractivity contribution in [3.05, 3.63) is 5.82 Å². The molecular formula is C15H25N5O3. The number of aromatic nitrogens is 4. The maximum absolute atomic E-state index is 12.2. The minimum absolute atomic E-state index is 0.00715. The number of hydrogen-bond acceptors (Lipinski definition) is 6. The molecule has 0 radical (unpaired) electrons. The third-order valence-corrected chi connectivity index (χ3v) is 3.69. The van der Waals surface area contributed by atoms with E-state index in [9.17, 15) is 9.59 Å². The zero-order valence-corrected chi connectivity index (χ0v) is 14.4. The molecule has 128 valence electrons. The van der Waals surface area contributed by atoms with Gasteiger partial charge in [-0.05, 0) is 59.1 Å². The van der Waals surface area contributed by atoms with Crippen LogP contribution in [0.25, 0.3) is 0 Å². The van der Waals surface area contributed by atoms with Gasteiger partial charge in [-0.15, -0.1) is 10.2 Å². The number of carbonyl (C=O) groups excluding carboxylic acids is 2. The first-order chi connectivity index (χ1) is 10.6. The maximum atomic E-state index is 12.2. The second-order valence-electron chi connectivity index (χ2n) is 7.28. The van der Waals surface area contributed by atoms with E-state index >= 15 is 0 Å². The van der Waals surface area contributed by atoms with Crippen LogP contribution >= 0.6 is 0 Å². The molecular weight excluding hydrogens is 298 g/mol. The SMILES string of the molecule is CC(C)OC(=O)C1(NC(=O)Cc2nnn(C(C)(C)C)n2)CCC1. The van der Waals surface area contributed by atoms with Crippen LogP contribution in [0.2, 0.25) is 0 Å². The Bertz CT molecular complexity index is 584. The van der Waals surface area contributed by atoms with Crippen molar-refractivity contribution in [3.63, 3.8) is 0 Å². The number of nitrogens with one attached hydrogen (secondary N) is 1. The Morgan fingerprint density at radius 1 is 1.35 bits per heavy atom. The normalized spacial score (nSPS) is 16.8.